The molecule has 0 atom stereocenters. The van der Waals surface area contributed by atoms with Gasteiger partial charge in [0.15, 0.2) is 5.69 Å². The van der Waals surface area contributed by atoms with E-state index in [1.54, 1.807) is 0 Å². The Balaban J connectivity index is 2.99. The van der Waals surface area contributed by atoms with E-state index in [4.69, 9.17) is 5.73 Å². The van der Waals surface area contributed by atoms with Crippen molar-refractivity contribution in [1.29, 1.82) is 0 Å². The summed E-state index contributed by atoms with van der Waals surface area (Å²) >= 11 is 0. The lowest BCUT2D eigenvalue weighted by molar-refractivity contribution is 0.0996. The molecule has 0 bridgehead atoms. The number of aromatic nitrogens is 2. The van der Waals surface area contributed by atoms with Crippen LogP contribution < -0.4 is 5.73 Å². The maximum atomic E-state index is 10.7. The molecule has 0 fully saturated rings. The van der Waals surface area contributed by atoms with Crippen molar-refractivity contribution in [2.24, 2.45) is 5.73 Å². The molecule has 4 heteroatoms. The molecule has 1 aromatic heterocycles. The van der Waals surface area contributed by atoms with Crippen molar-refractivity contribution >= 4 is 5.91 Å². The summed E-state index contributed by atoms with van der Waals surface area (Å²) in [6.07, 6.45) is 2.14. The predicted molar refractivity (Wildman–Crippen MR) is 44.3 cm³/mol. The molecule has 62 valence electrons. The number of rotatable bonds is 1. The summed E-state index contributed by atoms with van der Waals surface area (Å²) in [4.78, 5) is 17.2. The Hall–Kier alpha value is -1.76. The van der Waals surface area contributed by atoms with Crippen LogP contribution in [0, 0.1) is 11.8 Å². The van der Waals surface area contributed by atoms with Crippen LogP contribution in [0.2, 0.25) is 0 Å². The Bertz CT molecular complexity index is 343. The molecule has 0 saturated carbocycles. The summed E-state index contributed by atoms with van der Waals surface area (Å²) in [5, 5.41) is 0. The molecule has 0 spiro atoms. The van der Waals surface area contributed by atoms with Gasteiger partial charge in [0.25, 0.3) is 5.91 Å². The molecule has 1 heterocycles. The van der Waals surface area contributed by atoms with Crippen LogP contribution in [-0.2, 0) is 0 Å². The maximum absolute atomic E-state index is 10.7. The number of nitrogens with two attached hydrogens (primary N) is 1. The minimum atomic E-state index is -0.559. The lowest BCUT2D eigenvalue weighted by Gasteiger charge is -1.87. The average molecular weight is 163 g/mol. The van der Waals surface area contributed by atoms with E-state index >= 15 is 0 Å². The third-order valence-electron chi connectivity index (χ3n) is 1.26. The molecule has 0 unspecified atom stereocenters. The van der Waals surface area contributed by atoms with Crippen LogP contribution in [0.25, 0.3) is 0 Å². The number of hydrogen-bond donors (Lipinski definition) is 2. The topological polar surface area (TPSA) is 71.8 Å². The van der Waals surface area contributed by atoms with Crippen LogP contribution in [0.15, 0.2) is 6.33 Å². The largest absolute Gasteiger partial charge is 0.364 e. The zero-order valence-corrected chi connectivity index (χ0v) is 6.72. The normalized spacial score (nSPS) is 8.75. The molecule has 0 radical (unpaired) electrons. The summed E-state index contributed by atoms with van der Waals surface area (Å²) in [6.45, 7) is 1.92. The molecule has 1 rings (SSSR count). The number of nitrogens with zero attached hydrogens (tertiary/aromatic N) is 1. The van der Waals surface area contributed by atoms with Gasteiger partial charge in [-0.3, -0.25) is 4.79 Å². The number of H-pyrrole nitrogens is 1. The van der Waals surface area contributed by atoms with E-state index in [9.17, 15) is 4.79 Å². The van der Waals surface area contributed by atoms with Gasteiger partial charge in [0, 0.05) is 6.42 Å². The molecule has 12 heavy (non-hydrogen) atoms. The number of hydrogen-bond acceptors (Lipinski definition) is 2. The molecule has 0 aliphatic rings. The van der Waals surface area contributed by atoms with Gasteiger partial charge in [-0.2, -0.15) is 0 Å². The van der Waals surface area contributed by atoms with Gasteiger partial charge in [0.05, 0.1) is 6.33 Å². The molecule has 1 aromatic rings. The van der Waals surface area contributed by atoms with Crippen molar-refractivity contribution in [3.8, 4) is 11.8 Å². The highest BCUT2D eigenvalue weighted by atomic mass is 16.1. The Kier molecular flexibility index (Phi) is 2.49. The molecule has 0 aliphatic carbocycles. The molecule has 0 aromatic carbocycles. The highest BCUT2D eigenvalue weighted by Crippen LogP contribution is 1.98. The van der Waals surface area contributed by atoms with Crippen LogP contribution in [0.1, 0.15) is 29.5 Å². The third kappa shape index (κ3) is 1.64. The van der Waals surface area contributed by atoms with Gasteiger partial charge in [-0.25, -0.2) is 4.98 Å². The van der Waals surface area contributed by atoms with Crippen LogP contribution in [0.5, 0.6) is 0 Å². The number of imidazole rings is 1. The monoisotopic (exact) mass is 163 g/mol. The van der Waals surface area contributed by atoms with Crippen molar-refractivity contribution in [1.82, 2.24) is 9.97 Å². The first kappa shape index (κ1) is 8.34. The van der Waals surface area contributed by atoms with Gasteiger partial charge in [-0.15, -0.1) is 0 Å². The molecule has 4 nitrogen and oxygen atoms in total. The van der Waals surface area contributed by atoms with Crippen molar-refractivity contribution < 1.29 is 4.79 Å². The van der Waals surface area contributed by atoms with Crippen molar-refractivity contribution in [2.75, 3.05) is 0 Å². The van der Waals surface area contributed by atoms with E-state index in [1.807, 2.05) is 6.92 Å². The first-order chi connectivity index (χ1) is 5.75. The highest BCUT2D eigenvalue weighted by Gasteiger charge is 2.07. The predicted octanol–water partition coefficient (Wildman–Crippen LogP) is 0.270. The minimum absolute atomic E-state index is 0.205. The molecule has 0 aliphatic heterocycles. The summed E-state index contributed by atoms with van der Waals surface area (Å²) in [6, 6.07) is 0. The van der Waals surface area contributed by atoms with Gasteiger partial charge in [-0.1, -0.05) is 12.8 Å². The quantitative estimate of drug-likeness (QED) is 0.583. The second kappa shape index (κ2) is 3.58. The number of nitrogens with one attached hydrogen (secondary N) is 1. The van der Waals surface area contributed by atoms with E-state index in [-0.39, 0.29) is 5.69 Å². The molecular formula is C8H9N3O. The Morgan fingerprint density at radius 2 is 2.58 bits per heavy atom. The van der Waals surface area contributed by atoms with Crippen LogP contribution in [0.3, 0.4) is 0 Å². The fourth-order valence-corrected chi connectivity index (χ4v) is 0.753. The fourth-order valence-electron chi connectivity index (χ4n) is 0.753. The SMILES string of the molecule is CCC#Cc1[nH]cnc1C(N)=O. The van der Waals surface area contributed by atoms with Crippen LogP contribution >= 0.6 is 0 Å². The Morgan fingerprint density at radius 1 is 1.83 bits per heavy atom. The second-order valence-corrected chi connectivity index (χ2v) is 2.15. The molecule has 0 saturated heterocycles. The first-order valence-electron chi connectivity index (χ1n) is 3.57. The van der Waals surface area contributed by atoms with E-state index in [0.29, 0.717) is 5.69 Å². The average Bonchev–Trinajstić information content (AvgIpc) is 2.48. The zero-order valence-electron chi connectivity index (χ0n) is 6.72. The number of amides is 1. The first-order valence-corrected chi connectivity index (χ1v) is 3.57. The van der Waals surface area contributed by atoms with E-state index in [1.165, 1.54) is 6.33 Å². The van der Waals surface area contributed by atoms with E-state index in [2.05, 4.69) is 21.8 Å². The smallest absolute Gasteiger partial charge is 0.270 e. The number of carbonyl (C=O) groups excluding carboxylic acids is 1. The standard InChI is InChI=1S/C8H9N3O/c1-2-3-4-6-7(8(9)12)11-5-10-6/h5H,2H2,1H3,(H2,9,12)(H,10,11). The Morgan fingerprint density at radius 3 is 3.17 bits per heavy atom. The molecule has 1 amide bonds. The highest BCUT2D eigenvalue weighted by molar-refractivity contribution is 5.92. The summed E-state index contributed by atoms with van der Waals surface area (Å²) in [5.74, 6) is 5.01. The lowest BCUT2D eigenvalue weighted by atomic mass is 10.3. The van der Waals surface area contributed by atoms with Gasteiger partial charge in [0.1, 0.15) is 5.69 Å². The number of carbonyl (C=O) groups is 1. The Labute approximate surface area is 70.2 Å². The zero-order chi connectivity index (χ0) is 8.97. The minimum Gasteiger partial charge on any atom is -0.364 e. The summed E-state index contributed by atoms with van der Waals surface area (Å²) in [7, 11) is 0. The van der Waals surface area contributed by atoms with E-state index < -0.39 is 5.91 Å². The van der Waals surface area contributed by atoms with Crippen LogP contribution in [-0.4, -0.2) is 15.9 Å². The van der Waals surface area contributed by atoms with Crippen LogP contribution in [0.4, 0.5) is 0 Å². The summed E-state index contributed by atoms with van der Waals surface area (Å²) in [5.41, 5.74) is 5.74. The number of aromatic amines is 1. The van der Waals surface area contributed by atoms with Gasteiger partial charge in [0.2, 0.25) is 0 Å². The molecule has 3 N–H and O–H groups in total. The van der Waals surface area contributed by atoms with Gasteiger partial charge < -0.3 is 10.7 Å². The van der Waals surface area contributed by atoms with E-state index in [0.717, 1.165) is 6.42 Å². The van der Waals surface area contributed by atoms with Crippen molar-refractivity contribution in [2.45, 2.75) is 13.3 Å². The van der Waals surface area contributed by atoms with Crippen molar-refractivity contribution in [3.63, 3.8) is 0 Å². The molecular weight excluding hydrogens is 154 g/mol. The summed E-state index contributed by atoms with van der Waals surface area (Å²) < 4.78 is 0. The lowest BCUT2D eigenvalue weighted by Crippen LogP contribution is -2.12. The maximum Gasteiger partial charge on any atom is 0.270 e. The fraction of sp³-hybridized carbons (Fsp3) is 0.250. The second-order valence-electron chi connectivity index (χ2n) is 2.15. The van der Waals surface area contributed by atoms with Crippen molar-refractivity contribution in [3.05, 3.63) is 17.7 Å². The van der Waals surface area contributed by atoms with Gasteiger partial charge >= 0.3 is 0 Å². The van der Waals surface area contributed by atoms with Gasteiger partial charge in [-0.05, 0) is 5.92 Å². The third-order valence-corrected chi connectivity index (χ3v) is 1.26. The number of primary amides is 1.